The van der Waals surface area contributed by atoms with Crippen LogP contribution in [0.15, 0.2) is 24.4 Å². The van der Waals surface area contributed by atoms with E-state index in [0.29, 0.717) is 18.7 Å². The van der Waals surface area contributed by atoms with Crippen molar-refractivity contribution in [1.82, 2.24) is 25.0 Å². The summed E-state index contributed by atoms with van der Waals surface area (Å²) in [5.41, 5.74) is 2.93. The summed E-state index contributed by atoms with van der Waals surface area (Å²) in [7, 11) is 0. The van der Waals surface area contributed by atoms with Gasteiger partial charge in [0.05, 0.1) is 30.0 Å². The Morgan fingerprint density at radius 3 is 2.82 bits per heavy atom. The van der Waals surface area contributed by atoms with Crippen LogP contribution in [0.2, 0.25) is 0 Å². The van der Waals surface area contributed by atoms with Gasteiger partial charge in [0.2, 0.25) is 0 Å². The lowest BCUT2D eigenvalue weighted by Crippen LogP contribution is -2.42. The van der Waals surface area contributed by atoms with Gasteiger partial charge in [-0.1, -0.05) is 19.3 Å². The quantitative estimate of drug-likeness (QED) is 0.804. The molecule has 2 N–H and O–H groups in total. The highest BCUT2D eigenvalue weighted by atomic mass is 16.1. The summed E-state index contributed by atoms with van der Waals surface area (Å²) >= 11 is 0. The minimum absolute atomic E-state index is 0.0918. The van der Waals surface area contributed by atoms with Crippen LogP contribution in [0.4, 0.5) is 5.82 Å². The molecule has 2 aromatic heterocycles. The number of hydrogen-bond donors (Lipinski definition) is 2. The molecule has 7 nitrogen and oxygen atoms in total. The minimum atomic E-state index is -0.0918. The number of anilines is 1. The third kappa shape index (κ3) is 4.35. The number of nitrogens with zero attached hydrogens (tertiary/aromatic N) is 4. The fourth-order valence-corrected chi connectivity index (χ4v) is 4.27. The lowest BCUT2D eigenvalue weighted by Gasteiger charge is -2.36. The molecular weight excluding hydrogens is 352 g/mol. The number of aromatic nitrogens is 3. The molecule has 0 spiro atoms. The van der Waals surface area contributed by atoms with Gasteiger partial charge in [-0.2, -0.15) is 5.10 Å². The average molecular weight is 383 g/mol. The fourth-order valence-electron chi connectivity index (χ4n) is 4.27. The molecule has 2 aliphatic rings. The number of rotatable bonds is 6. The van der Waals surface area contributed by atoms with Crippen molar-refractivity contribution in [2.75, 3.05) is 18.4 Å². The molecule has 2 aromatic rings. The highest BCUT2D eigenvalue weighted by Crippen LogP contribution is 2.26. The van der Waals surface area contributed by atoms with Crippen LogP contribution in [-0.4, -0.2) is 44.7 Å². The Balaban J connectivity index is 1.33. The van der Waals surface area contributed by atoms with Gasteiger partial charge in [-0.05, 0) is 38.0 Å². The van der Waals surface area contributed by atoms with E-state index in [9.17, 15) is 4.79 Å². The van der Waals surface area contributed by atoms with Crippen LogP contribution in [0.3, 0.4) is 0 Å². The molecule has 7 heteroatoms. The molecule has 4 rings (SSSR count). The van der Waals surface area contributed by atoms with Crippen LogP contribution in [0.1, 0.15) is 60.8 Å². The van der Waals surface area contributed by atoms with E-state index in [4.69, 9.17) is 5.10 Å². The van der Waals surface area contributed by atoms with Gasteiger partial charge < -0.3 is 10.6 Å². The van der Waals surface area contributed by atoms with Crippen molar-refractivity contribution in [2.45, 2.75) is 64.7 Å². The zero-order valence-electron chi connectivity index (χ0n) is 16.7. The van der Waals surface area contributed by atoms with E-state index < -0.39 is 0 Å². The van der Waals surface area contributed by atoms with E-state index in [-0.39, 0.29) is 5.91 Å². The molecule has 0 bridgehead atoms. The number of pyridine rings is 1. The van der Waals surface area contributed by atoms with Crippen molar-refractivity contribution in [3.63, 3.8) is 0 Å². The van der Waals surface area contributed by atoms with Crippen molar-refractivity contribution in [3.05, 3.63) is 41.3 Å². The lowest BCUT2D eigenvalue weighted by molar-refractivity contribution is 0.0955. The molecule has 1 fully saturated rings. The summed E-state index contributed by atoms with van der Waals surface area (Å²) in [6.07, 6.45) is 8.45. The first kappa shape index (κ1) is 18.9. The van der Waals surface area contributed by atoms with E-state index in [2.05, 4.69) is 31.3 Å². The largest absolute Gasteiger partial charge is 0.364 e. The smallest absolute Gasteiger partial charge is 0.252 e. The maximum absolute atomic E-state index is 11.8. The average Bonchev–Trinajstić information content (AvgIpc) is 3.15. The van der Waals surface area contributed by atoms with Gasteiger partial charge in [0.1, 0.15) is 5.82 Å². The maximum Gasteiger partial charge on any atom is 0.252 e. The monoisotopic (exact) mass is 382 g/mol. The summed E-state index contributed by atoms with van der Waals surface area (Å²) in [6, 6.07) is 6.60. The molecule has 1 aliphatic carbocycles. The van der Waals surface area contributed by atoms with Crippen LogP contribution in [0, 0.1) is 0 Å². The first-order valence-electron chi connectivity index (χ1n) is 10.5. The van der Waals surface area contributed by atoms with Crippen LogP contribution >= 0.6 is 0 Å². The van der Waals surface area contributed by atoms with E-state index in [1.165, 1.54) is 37.8 Å². The molecule has 1 amide bonds. The molecule has 0 saturated heterocycles. The zero-order valence-corrected chi connectivity index (χ0v) is 16.7. The normalized spacial score (nSPS) is 17.9. The minimum Gasteiger partial charge on any atom is -0.364 e. The second-order valence-corrected chi connectivity index (χ2v) is 7.76. The van der Waals surface area contributed by atoms with E-state index in [1.807, 2.05) is 13.0 Å². The van der Waals surface area contributed by atoms with Crippen molar-refractivity contribution in [1.29, 1.82) is 0 Å². The maximum atomic E-state index is 11.8. The Kier molecular flexibility index (Phi) is 5.90. The van der Waals surface area contributed by atoms with Crippen LogP contribution in [0.5, 0.6) is 0 Å². The SMILES string of the molecule is CCNC(=O)c1ccc(NCc2cc3n(n2)CCN(C2CCCCC2)C3)nc1. The first-order valence-corrected chi connectivity index (χ1v) is 10.5. The number of hydrogen-bond acceptors (Lipinski definition) is 5. The number of nitrogens with one attached hydrogen (secondary N) is 2. The predicted molar refractivity (Wildman–Crippen MR) is 109 cm³/mol. The fraction of sp³-hybridized carbons (Fsp3) is 0.571. The van der Waals surface area contributed by atoms with Crippen molar-refractivity contribution < 1.29 is 4.79 Å². The van der Waals surface area contributed by atoms with Crippen LogP contribution in [-0.2, 0) is 19.6 Å². The predicted octanol–water partition coefficient (Wildman–Crippen LogP) is 2.79. The van der Waals surface area contributed by atoms with Crippen molar-refractivity contribution in [3.8, 4) is 0 Å². The molecule has 150 valence electrons. The van der Waals surface area contributed by atoms with Gasteiger partial charge in [0, 0.05) is 31.9 Å². The highest BCUT2D eigenvalue weighted by molar-refractivity contribution is 5.93. The molecule has 3 heterocycles. The van der Waals surface area contributed by atoms with Gasteiger partial charge in [-0.3, -0.25) is 14.4 Å². The molecule has 28 heavy (non-hydrogen) atoms. The molecule has 1 saturated carbocycles. The van der Waals surface area contributed by atoms with Crippen molar-refractivity contribution >= 4 is 11.7 Å². The molecular formula is C21H30N6O. The zero-order chi connectivity index (χ0) is 19.3. The Hall–Kier alpha value is -2.41. The highest BCUT2D eigenvalue weighted by Gasteiger charge is 2.25. The first-order chi connectivity index (χ1) is 13.7. The number of amides is 1. The molecule has 0 atom stereocenters. The Morgan fingerprint density at radius 2 is 2.07 bits per heavy atom. The number of fused-ring (bicyclic) bond motifs is 1. The van der Waals surface area contributed by atoms with Gasteiger partial charge in [0.15, 0.2) is 0 Å². The standard InChI is InChI=1S/C21H30N6O/c1-2-22-21(28)16-8-9-20(23-13-16)24-14-17-12-19-15-26(10-11-27(19)25-17)18-6-4-3-5-7-18/h8-9,12-13,18H,2-7,10-11,14-15H2,1H3,(H,22,28)(H,23,24). The third-order valence-electron chi connectivity index (χ3n) is 5.78. The summed E-state index contributed by atoms with van der Waals surface area (Å²) in [5.74, 6) is 0.661. The van der Waals surface area contributed by atoms with E-state index in [1.54, 1.807) is 12.3 Å². The third-order valence-corrected chi connectivity index (χ3v) is 5.78. The van der Waals surface area contributed by atoms with E-state index in [0.717, 1.165) is 37.2 Å². The molecule has 1 aliphatic heterocycles. The van der Waals surface area contributed by atoms with Crippen molar-refractivity contribution in [2.24, 2.45) is 0 Å². The van der Waals surface area contributed by atoms with Gasteiger partial charge in [-0.25, -0.2) is 4.98 Å². The number of carbonyl (C=O) groups is 1. The Labute approximate surface area is 166 Å². The van der Waals surface area contributed by atoms with Gasteiger partial charge in [0.25, 0.3) is 5.91 Å². The van der Waals surface area contributed by atoms with E-state index >= 15 is 0 Å². The molecule has 0 unspecified atom stereocenters. The Bertz CT molecular complexity index is 794. The van der Waals surface area contributed by atoms with Gasteiger partial charge >= 0.3 is 0 Å². The second-order valence-electron chi connectivity index (χ2n) is 7.76. The molecule has 0 radical (unpaired) electrons. The topological polar surface area (TPSA) is 75.1 Å². The Morgan fingerprint density at radius 1 is 1.21 bits per heavy atom. The summed E-state index contributed by atoms with van der Waals surface area (Å²) < 4.78 is 2.15. The lowest BCUT2D eigenvalue weighted by atomic mass is 9.94. The number of carbonyl (C=O) groups excluding carboxylic acids is 1. The van der Waals surface area contributed by atoms with Crippen LogP contribution < -0.4 is 10.6 Å². The van der Waals surface area contributed by atoms with Gasteiger partial charge in [-0.15, -0.1) is 0 Å². The van der Waals surface area contributed by atoms with Crippen LogP contribution in [0.25, 0.3) is 0 Å². The summed E-state index contributed by atoms with van der Waals surface area (Å²) in [5, 5.41) is 10.8. The molecule has 0 aromatic carbocycles. The summed E-state index contributed by atoms with van der Waals surface area (Å²) in [6.45, 7) is 6.25. The second kappa shape index (κ2) is 8.73. The summed E-state index contributed by atoms with van der Waals surface area (Å²) in [4.78, 5) is 18.8.